The summed E-state index contributed by atoms with van der Waals surface area (Å²) >= 11 is 0. The van der Waals surface area contributed by atoms with E-state index < -0.39 is 12.1 Å². The number of esters is 1. The first-order valence-electron chi connectivity index (χ1n) is 36.3. The van der Waals surface area contributed by atoms with Gasteiger partial charge < -0.3 is 20.3 Å². The monoisotopic (exact) mass is 1100 g/mol. The number of unbranched alkanes of at least 4 members (excludes halogenated alkanes) is 58. The largest absolute Gasteiger partial charge is 0.466 e. The lowest BCUT2D eigenvalue weighted by molar-refractivity contribution is -0.143. The van der Waals surface area contributed by atoms with E-state index in [0.29, 0.717) is 25.9 Å². The van der Waals surface area contributed by atoms with Crippen LogP contribution < -0.4 is 5.32 Å². The fourth-order valence-electron chi connectivity index (χ4n) is 11.9. The van der Waals surface area contributed by atoms with Crippen LogP contribution in [0.1, 0.15) is 425 Å². The van der Waals surface area contributed by atoms with Crippen LogP contribution in [-0.2, 0) is 14.3 Å². The molecule has 466 valence electrons. The number of rotatable bonds is 69. The smallest absolute Gasteiger partial charge is 0.305 e. The SMILES string of the molecule is CCCCCCCCCCCCCCCCCCCCC(O)C(CO)NC(=O)CCCCCCCCCCCCCCCCCCCCCCCCCCCCCCCCCOC(=O)CCCCCCCCCCCCCC. The van der Waals surface area contributed by atoms with Gasteiger partial charge in [-0.05, 0) is 25.7 Å². The topological polar surface area (TPSA) is 95.9 Å². The number of hydrogen-bond acceptors (Lipinski definition) is 5. The van der Waals surface area contributed by atoms with Crippen LogP contribution in [0.5, 0.6) is 0 Å². The second-order valence-corrected chi connectivity index (χ2v) is 25.3. The molecule has 0 rings (SSSR count). The maximum atomic E-state index is 12.5. The minimum atomic E-state index is -0.661. The molecule has 0 spiro atoms. The van der Waals surface area contributed by atoms with E-state index >= 15 is 0 Å². The highest BCUT2D eigenvalue weighted by molar-refractivity contribution is 5.76. The van der Waals surface area contributed by atoms with Gasteiger partial charge in [0, 0.05) is 12.8 Å². The van der Waals surface area contributed by atoms with Gasteiger partial charge >= 0.3 is 5.97 Å². The molecule has 0 aromatic carbocycles. The van der Waals surface area contributed by atoms with Gasteiger partial charge in [0.1, 0.15) is 0 Å². The van der Waals surface area contributed by atoms with Gasteiger partial charge in [-0.2, -0.15) is 0 Å². The third-order valence-electron chi connectivity index (χ3n) is 17.4. The van der Waals surface area contributed by atoms with E-state index in [-0.39, 0.29) is 18.5 Å². The number of aliphatic hydroxyl groups excluding tert-OH is 2. The minimum absolute atomic E-state index is 0.0226. The second-order valence-electron chi connectivity index (χ2n) is 25.3. The van der Waals surface area contributed by atoms with E-state index in [4.69, 9.17) is 4.74 Å². The van der Waals surface area contributed by atoms with Crippen molar-refractivity contribution in [3.63, 3.8) is 0 Å². The molecule has 78 heavy (non-hydrogen) atoms. The molecule has 2 atom stereocenters. The van der Waals surface area contributed by atoms with Crippen molar-refractivity contribution >= 4 is 11.9 Å². The molecule has 0 fully saturated rings. The van der Waals surface area contributed by atoms with Gasteiger partial charge in [-0.1, -0.05) is 386 Å². The number of nitrogens with one attached hydrogen (secondary N) is 1. The van der Waals surface area contributed by atoms with Crippen LogP contribution >= 0.6 is 0 Å². The molecule has 0 heterocycles. The predicted octanol–water partition coefficient (Wildman–Crippen LogP) is 23.4. The van der Waals surface area contributed by atoms with Crippen molar-refractivity contribution in [2.45, 2.75) is 437 Å². The summed E-state index contributed by atoms with van der Waals surface area (Å²) in [5.41, 5.74) is 0. The van der Waals surface area contributed by atoms with Crippen LogP contribution in [0.3, 0.4) is 0 Å². The van der Waals surface area contributed by atoms with E-state index in [2.05, 4.69) is 19.2 Å². The van der Waals surface area contributed by atoms with Crippen LogP contribution in [0.15, 0.2) is 0 Å². The van der Waals surface area contributed by atoms with Crippen molar-refractivity contribution in [3.05, 3.63) is 0 Å². The van der Waals surface area contributed by atoms with Gasteiger partial charge in [0.2, 0.25) is 5.91 Å². The average Bonchev–Trinajstić information content (AvgIpc) is 3.44. The quantitative estimate of drug-likeness (QED) is 0.0417. The summed E-state index contributed by atoms with van der Waals surface area (Å²) in [6.45, 7) is 5.00. The first-order chi connectivity index (χ1) is 38.5. The fourth-order valence-corrected chi connectivity index (χ4v) is 11.9. The lowest BCUT2D eigenvalue weighted by Crippen LogP contribution is -2.45. The average molecular weight is 1100 g/mol. The Morgan fingerprint density at radius 1 is 0.308 bits per heavy atom. The van der Waals surface area contributed by atoms with Crippen molar-refractivity contribution in [3.8, 4) is 0 Å². The molecule has 2 unspecified atom stereocenters. The Balaban J connectivity index is 3.32. The molecule has 0 radical (unpaired) electrons. The Bertz CT molecular complexity index is 1130. The van der Waals surface area contributed by atoms with Gasteiger partial charge in [-0.25, -0.2) is 0 Å². The Morgan fingerprint density at radius 2 is 0.526 bits per heavy atom. The summed E-state index contributed by atoms with van der Waals surface area (Å²) in [6, 6.07) is -0.537. The van der Waals surface area contributed by atoms with Crippen molar-refractivity contribution in [2.24, 2.45) is 0 Å². The van der Waals surface area contributed by atoms with Crippen LogP contribution in [0, 0.1) is 0 Å². The zero-order valence-electron chi connectivity index (χ0n) is 53.4. The second kappa shape index (κ2) is 68.4. The van der Waals surface area contributed by atoms with Gasteiger partial charge in [-0.15, -0.1) is 0 Å². The van der Waals surface area contributed by atoms with E-state index in [1.807, 2.05) is 0 Å². The van der Waals surface area contributed by atoms with Crippen molar-refractivity contribution in [2.75, 3.05) is 13.2 Å². The summed E-state index contributed by atoms with van der Waals surface area (Å²) in [4.78, 5) is 24.6. The first-order valence-corrected chi connectivity index (χ1v) is 36.3. The Hall–Kier alpha value is -1.14. The van der Waals surface area contributed by atoms with Crippen LogP contribution in [0.4, 0.5) is 0 Å². The fraction of sp³-hybridized carbons (Fsp3) is 0.972. The third-order valence-corrected chi connectivity index (χ3v) is 17.4. The molecule has 3 N–H and O–H groups in total. The standard InChI is InChI=1S/C72H143NO5/c1-3-5-7-9-11-13-15-17-18-19-35-38-41-44-48-52-56-60-64-70(75)69(68-74)73-71(76)65-61-57-53-49-45-42-39-36-33-31-29-27-25-23-21-20-22-24-26-28-30-32-34-37-40-43-47-51-55-59-63-67-78-72(77)66-62-58-54-50-46-16-14-12-10-8-6-4-2/h69-70,74-75H,3-68H2,1-2H3,(H,73,76). The van der Waals surface area contributed by atoms with Gasteiger partial charge in [0.05, 0.1) is 25.4 Å². The number of hydrogen-bond donors (Lipinski definition) is 3. The predicted molar refractivity (Wildman–Crippen MR) is 343 cm³/mol. The highest BCUT2D eigenvalue weighted by atomic mass is 16.5. The summed E-state index contributed by atoms with van der Waals surface area (Å²) in [6.07, 6.45) is 83.1. The molecular formula is C72H143NO5. The Kier molecular flexibility index (Phi) is 67.4. The van der Waals surface area contributed by atoms with Crippen molar-refractivity contribution < 1.29 is 24.5 Å². The molecule has 1 amide bonds. The zero-order chi connectivity index (χ0) is 56.4. The molecule has 0 aliphatic carbocycles. The molecule has 6 heteroatoms. The highest BCUT2D eigenvalue weighted by Crippen LogP contribution is 2.20. The molecule has 0 aliphatic rings. The van der Waals surface area contributed by atoms with E-state index in [1.54, 1.807) is 0 Å². The summed E-state index contributed by atoms with van der Waals surface area (Å²) < 4.78 is 5.49. The van der Waals surface area contributed by atoms with E-state index in [1.165, 1.54) is 353 Å². The lowest BCUT2D eigenvalue weighted by Gasteiger charge is -2.22. The maximum absolute atomic E-state index is 12.5. The van der Waals surface area contributed by atoms with E-state index in [9.17, 15) is 19.8 Å². The molecule has 0 aromatic heterocycles. The normalized spacial score (nSPS) is 12.4. The number of aliphatic hydroxyl groups is 2. The molecule has 0 aliphatic heterocycles. The van der Waals surface area contributed by atoms with Gasteiger partial charge in [0.15, 0.2) is 0 Å². The third kappa shape index (κ3) is 64.0. The summed E-state index contributed by atoms with van der Waals surface area (Å²) in [7, 11) is 0. The molecule has 0 aromatic rings. The van der Waals surface area contributed by atoms with Gasteiger partial charge in [-0.3, -0.25) is 9.59 Å². The number of carbonyl (C=O) groups excluding carboxylic acids is 2. The van der Waals surface area contributed by atoms with Crippen molar-refractivity contribution in [1.82, 2.24) is 5.32 Å². The Morgan fingerprint density at radius 3 is 0.782 bits per heavy atom. The lowest BCUT2D eigenvalue weighted by atomic mass is 10.0. The number of amides is 1. The van der Waals surface area contributed by atoms with Crippen LogP contribution in [0.2, 0.25) is 0 Å². The maximum Gasteiger partial charge on any atom is 0.305 e. The van der Waals surface area contributed by atoms with Crippen LogP contribution in [-0.4, -0.2) is 47.4 Å². The molecule has 0 bridgehead atoms. The number of ether oxygens (including phenoxy) is 1. The highest BCUT2D eigenvalue weighted by Gasteiger charge is 2.20. The van der Waals surface area contributed by atoms with Gasteiger partial charge in [0.25, 0.3) is 0 Å². The molecule has 0 saturated carbocycles. The van der Waals surface area contributed by atoms with E-state index in [0.717, 1.165) is 38.5 Å². The molecule has 6 nitrogen and oxygen atoms in total. The summed E-state index contributed by atoms with van der Waals surface area (Å²) in [5.74, 6) is -0.00327. The minimum Gasteiger partial charge on any atom is -0.466 e. The van der Waals surface area contributed by atoms with Crippen LogP contribution in [0.25, 0.3) is 0 Å². The van der Waals surface area contributed by atoms with Crippen molar-refractivity contribution in [1.29, 1.82) is 0 Å². The summed E-state index contributed by atoms with van der Waals surface area (Å²) in [5, 5.41) is 23.4. The first kappa shape index (κ1) is 76.9. The number of carbonyl (C=O) groups is 2. The molecule has 0 saturated heterocycles. The Labute approximate surface area is 489 Å². The zero-order valence-corrected chi connectivity index (χ0v) is 53.4. The molecular weight excluding hydrogens is 959 g/mol.